The smallest absolute Gasteiger partial charge is 0.122 e. The van der Waals surface area contributed by atoms with Crippen molar-refractivity contribution in [1.82, 2.24) is 10.2 Å². The standard InChI is InChI=1S/C16H28N2O/c1-12(2)15-6-5-8-18(15)11-14-7-9-19-16(14)10-17-13(3)4/h7,9,12-13,15,17H,5-6,8,10-11H2,1-4H3. The van der Waals surface area contributed by atoms with Gasteiger partial charge in [-0.15, -0.1) is 0 Å². The lowest BCUT2D eigenvalue weighted by Gasteiger charge is -2.27. The van der Waals surface area contributed by atoms with Gasteiger partial charge >= 0.3 is 0 Å². The van der Waals surface area contributed by atoms with Crippen molar-refractivity contribution in [1.29, 1.82) is 0 Å². The molecule has 1 unspecified atom stereocenters. The Kier molecular flexibility index (Phi) is 5.06. The van der Waals surface area contributed by atoms with E-state index in [0.29, 0.717) is 6.04 Å². The van der Waals surface area contributed by atoms with E-state index < -0.39 is 0 Å². The van der Waals surface area contributed by atoms with Crippen LogP contribution in [0.15, 0.2) is 16.7 Å². The van der Waals surface area contributed by atoms with E-state index in [1.165, 1.54) is 24.9 Å². The Labute approximate surface area is 117 Å². The van der Waals surface area contributed by atoms with E-state index in [9.17, 15) is 0 Å². The van der Waals surface area contributed by atoms with Crippen molar-refractivity contribution in [2.75, 3.05) is 6.54 Å². The minimum Gasteiger partial charge on any atom is -0.468 e. The minimum absolute atomic E-state index is 0.494. The zero-order valence-electron chi connectivity index (χ0n) is 12.8. The highest BCUT2D eigenvalue weighted by molar-refractivity contribution is 5.17. The van der Waals surface area contributed by atoms with E-state index in [2.05, 4.69) is 44.0 Å². The van der Waals surface area contributed by atoms with Crippen LogP contribution >= 0.6 is 0 Å². The fourth-order valence-electron chi connectivity index (χ4n) is 2.98. The van der Waals surface area contributed by atoms with Crippen LogP contribution in [0.4, 0.5) is 0 Å². The van der Waals surface area contributed by atoms with Crippen LogP contribution in [0.3, 0.4) is 0 Å². The molecule has 108 valence electrons. The molecule has 2 rings (SSSR count). The first kappa shape index (κ1) is 14.6. The minimum atomic E-state index is 0.494. The van der Waals surface area contributed by atoms with Crippen LogP contribution in [0.25, 0.3) is 0 Å². The normalized spacial score (nSPS) is 20.8. The molecule has 3 heteroatoms. The molecule has 0 spiro atoms. The summed E-state index contributed by atoms with van der Waals surface area (Å²) in [5.41, 5.74) is 1.35. The topological polar surface area (TPSA) is 28.4 Å². The highest BCUT2D eigenvalue weighted by Crippen LogP contribution is 2.26. The molecule has 0 bridgehead atoms. The van der Waals surface area contributed by atoms with E-state index in [1.54, 1.807) is 0 Å². The predicted octanol–water partition coefficient (Wildman–Crippen LogP) is 3.40. The maximum atomic E-state index is 5.63. The Morgan fingerprint density at radius 3 is 2.84 bits per heavy atom. The van der Waals surface area contributed by atoms with Crippen LogP contribution in [-0.2, 0) is 13.1 Å². The number of nitrogens with one attached hydrogen (secondary N) is 1. The molecule has 1 aromatic rings. The van der Waals surface area contributed by atoms with Crippen LogP contribution in [0.5, 0.6) is 0 Å². The van der Waals surface area contributed by atoms with Gasteiger partial charge in [-0.2, -0.15) is 0 Å². The maximum absolute atomic E-state index is 5.63. The molecule has 3 nitrogen and oxygen atoms in total. The summed E-state index contributed by atoms with van der Waals surface area (Å²) in [5.74, 6) is 1.84. The molecule has 1 fully saturated rings. The van der Waals surface area contributed by atoms with E-state index in [-0.39, 0.29) is 0 Å². The molecule has 1 aliphatic rings. The van der Waals surface area contributed by atoms with Crippen molar-refractivity contribution in [2.24, 2.45) is 5.92 Å². The maximum Gasteiger partial charge on any atom is 0.122 e. The Bertz CT molecular complexity index is 384. The van der Waals surface area contributed by atoms with Crippen molar-refractivity contribution in [3.05, 3.63) is 23.7 Å². The third kappa shape index (κ3) is 3.83. The highest BCUT2D eigenvalue weighted by atomic mass is 16.3. The van der Waals surface area contributed by atoms with Gasteiger partial charge in [-0.1, -0.05) is 27.7 Å². The summed E-state index contributed by atoms with van der Waals surface area (Å²) in [6.45, 7) is 12.1. The molecule has 1 saturated heterocycles. The number of likely N-dealkylation sites (tertiary alicyclic amines) is 1. The fourth-order valence-corrected chi connectivity index (χ4v) is 2.98. The summed E-state index contributed by atoms with van der Waals surface area (Å²) in [5, 5.41) is 3.43. The third-order valence-corrected chi connectivity index (χ3v) is 4.07. The summed E-state index contributed by atoms with van der Waals surface area (Å²) < 4.78 is 5.63. The molecule has 0 aromatic carbocycles. The van der Waals surface area contributed by atoms with Gasteiger partial charge in [0.2, 0.25) is 0 Å². The van der Waals surface area contributed by atoms with Gasteiger partial charge in [-0.05, 0) is 31.4 Å². The van der Waals surface area contributed by atoms with Gasteiger partial charge in [0.15, 0.2) is 0 Å². The lowest BCUT2D eigenvalue weighted by atomic mass is 10.0. The average Bonchev–Trinajstić information content (AvgIpc) is 2.96. The predicted molar refractivity (Wildman–Crippen MR) is 79.0 cm³/mol. The largest absolute Gasteiger partial charge is 0.468 e. The van der Waals surface area contributed by atoms with Crippen molar-refractivity contribution in [2.45, 2.75) is 65.7 Å². The van der Waals surface area contributed by atoms with E-state index in [4.69, 9.17) is 4.42 Å². The van der Waals surface area contributed by atoms with Crippen molar-refractivity contribution in [3.63, 3.8) is 0 Å². The van der Waals surface area contributed by atoms with Crippen molar-refractivity contribution in [3.8, 4) is 0 Å². The van der Waals surface area contributed by atoms with Gasteiger partial charge in [0.25, 0.3) is 0 Å². The van der Waals surface area contributed by atoms with Gasteiger partial charge in [0, 0.05) is 24.2 Å². The molecule has 0 aliphatic carbocycles. The Balaban J connectivity index is 1.97. The molecule has 0 amide bonds. The average molecular weight is 264 g/mol. The molecule has 1 aromatic heterocycles. The second-order valence-electron chi connectivity index (χ2n) is 6.33. The number of nitrogens with zero attached hydrogens (tertiary/aromatic N) is 1. The van der Waals surface area contributed by atoms with Crippen LogP contribution in [0, 0.1) is 5.92 Å². The number of rotatable bonds is 6. The van der Waals surface area contributed by atoms with Crippen LogP contribution in [0.1, 0.15) is 51.9 Å². The lowest BCUT2D eigenvalue weighted by molar-refractivity contribution is 0.197. The quantitative estimate of drug-likeness (QED) is 0.853. The zero-order chi connectivity index (χ0) is 13.8. The van der Waals surface area contributed by atoms with Crippen LogP contribution in [-0.4, -0.2) is 23.5 Å². The third-order valence-electron chi connectivity index (χ3n) is 4.07. The van der Waals surface area contributed by atoms with E-state index in [1.807, 2.05) is 6.26 Å². The Morgan fingerprint density at radius 2 is 2.16 bits per heavy atom. The van der Waals surface area contributed by atoms with Gasteiger partial charge in [0.1, 0.15) is 5.76 Å². The molecule has 0 saturated carbocycles. The van der Waals surface area contributed by atoms with Gasteiger partial charge < -0.3 is 9.73 Å². The lowest BCUT2D eigenvalue weighted by Crippen LogP contribution is -2.33. The Hall–Kier alpha value is -0.800. The first-order chi connectivity index (χ1) is 9.08. The highest BCUT2D eigenvalue weighted by Gasteiger charge is 2.27. The molecular formula is C16H28N2O. The van der Waals surface area contributed by atoms with Gasteiger partial charge in [-0.3, -0.25) is 4.90 Å². The summed E-state index contributed by atoms with van der Waals surface area (Å²) in [7, 11) is 0. The first-order valence-corrected chi connectivity index (χ1v) is 7.60. The number of furan rings is 1. The SMILES string of the molecule is CC(C)NCc1occc1CN1CCCC1C(C)C. The molecular weight excluding hydrogens is 236 g/mol. The molecule has 1 N–H and O–H groups in total. The first-order valence-electron chi connectivity index (χ1n) is 7.60. The number of hydrogen-bond acceptors (Lipinski definition) is 3. The molecule has 1 atom stereocenters. The number of hydrogen-bond donors (Lipinski definition) is 1. The van der Waals surface area contributed by atoms with E-state index >= 15 is 0 Å². The van der Waals surface area contributed by atoms with Crippen LogP contribution < -0.4 is 5.32 Å². The molecule has 2 heterocycles. The van der Waals surface area contributed by atoms with Crippen molar-refractivity contribution < 1.29 is 4.42 Å². The second-order valence-corrected chi connectivity index (χ2v) is 6.33. The second kappa shape index (κ2) is 6.58. The molecule has 0 radical (unpaired) electrons. The van der Waals surface area contributed by atoms with Crippen molar-refractivity contribution >= 4 is 0 Å². The molecule has 1 aliphatic heterocycles. The summed E-state index contributed by atoms with van der Waals surface area (Å²) in [4.78, 5) is 2.62. The summed E-state index contributed by atoms with van der Waals surface area (Å²) >= 11 is 0. The van der Waals surface area contributed by atoms with Gasteiger partial charge in [0.05, 0.1) is 12.8 Å². The van der Waals surface area contributed by atoms with Crippen LogP contribution in [0.2, 0.25) is 0 Å². The summed E-state index contributed by atoms with van der Waals surface area (Å²) in [6, 6.07) is 3.36. The Morgan fingerprint density at radius 1 is 1.37 bits per heavy atom. The molecule has 19 heavy (non-hydrogen) atoms. The summed E-state index contributed by atoms with van der Waals surface area (Å²) in [6.07, 6.45) is 4.50. The zero-order valence-corrected chi connectivity index (χ0v) is 12.8. The monoisotopic (exact) mass is 264 g/mol. The fraction of sp³-hybridized carbons (Fsp3) is 0.750. The van der Waals surface area contributed by atoms with E-state index in [0.717, 1.165) is 30.8 Å². The van der Waals surface area contributed by atoms with Gasteiger partial charge in [-0.25, -0.2) is 0 Å².